The summed E-state index contributed by atoms with van der Waals surface area (Å²) in [6.45, 7) is 0.303. The van der Waals surface area contributed by atoms with Gasteiger partial charge in [-0.05, 0) is 29.8 Å². The zero-order valence-corrected chi connectivity index (χ0v) is 11.6. The molecular weight excluding hydrogens is 321 g/mol. The maximum absolute atomic E-state index is 13.1. The number of hydrogen-bond acceptors (Lipinski definition) is 2. The lowest BCUT2D eigenvalue weighted by Crippen LogP contribution is -1.97. The zero-order chi connectivity index (χ0) is 13.1. The lowest BCUT2D eigenvalue weighted by atomic mass is 10.2. The number of halogens is 3. The second-order valence-electron chi connectivity index (χ2n) is 3.75. The summed E-state index contributed by atoms with van der Waals surface area (Å²) in [5.41, 5.74) is 7.05. The van der Waals surface area contributed by atoms with Crippen molar-refractivity contribution in [3.8, 4) is 5.75 Å². The van der Waals surface area contributed by atoms with E-state index in [0.29, 0.717) is 27.5 Å². The predicted molar refractivity (Wildman–Crippen MR) is 74.3 cm³/mol. The Labute approximate surface area is 118 Å². The Morgan fingerprint density at radius 1 is 1.22 bits per heavy atom. The summed E-state index contributed by atoms with van der Waals surface area (Å²) in [7, 11) is 0. The van der Waals surface area contributed by atoms with Crippen LogP contribution in [0.5, 0.6) is 5.75 Å². The Hall–Kier alpha value is -1.26. The van der Waals surface area contributed by atoms with Gasteiger partial charge in [-0.1, -0.05) is 33.6 Å². The Balaban J connectivity index is 2.08. The van der Waals surface area contributed by atoms with Gasteiger partial charge in [0.1, 0.15) is 18.2 Å². The largest absolute Gasteiger partial charge is 0.489 e. The van der Waals surface area contributed by atoms with Crippen molar-refractivity contribution >= 4 is 33.2 Å². The van der Waals surface area contributed by atoms with Crippen molar-refractivity contribution in [1.29, 1.82) is 0 Å². The van der Waals surface area contributed by atoms with Gasteiger partial charge in [0.15, 0.2) is 0 Å². The first-order valence-corrected chi connectivity index (χ1v) is 6.34. The third kappa shape index (κ3) is 3.37. The third-order valence-electron chi connectivity index (χ3n) is 2.30. The fraction of sp³-hybridized carbons (Fsp3) is 0.0769. The average molecular weight is 331 g/mol. The highest BCUT2D eigenvalue weighted by Crippen LogP contribution is 2.23. The highest BCUT2D eigenvalue weighted by atomic mass is 79.9. The van der Waals surface area contributed by atoms with E-state index in [1.807, 2.05) is 6.07 Å². The molecule has 2 rings (SSSR count). The van der Waals surface area contributed by atoms with Crippen LogP contribution in [0.3, 0.4) is 0 Å². The molecule has 0 saturated heterocycles. The molecule has 0 aliphatic heterocycles. The number of anilines is 1. The van der Waals surface area contributed by atoms with E-state index in [0.717, 1.165) is 5.56 Å². The van der Waals surface area contributed by atoms with Crippen molar-refractivity contribution in [2.24, 2.45) is 0 Å². The molecule has 94 valence electrons. The van der Waals surface area contributed by atoms with Gasteiger partial charge in [0.2, 0.25) is 0 Å². The first kappa shape index (κ1) is 13.2. The number of hydrogen-bond donors (Lipinski definition) is 1. The van der Waals surface area contributed by atoms with Gasteiger partial charge < -0.3 is 10.5 Å². The van der Waals surface area contributed by atoms with E-state index >= 15 is 0 Å². The van der Waals surface area contributed by atoms with E-state index in [1.54, 1.807) is 18.2 Å². The van der Waals surface area contributed by atoms with E-state index in [2.05, 4.69) is 15.9 Å². The molecule has 0 aliphatic rings. The van der Waals surface area contributed by atoms with Crippen LogP contribution in [0.25, 0.3) is 0 Å². The summed E-state index contributed by atoms with van der Waals surface area (Å²) in [4.78, 5) is 0. The van der Waals surface area contributed by atoms with Crippen LogP contribution in [0, 0.1) is 5.82 Å². The predicted octanol–water partition coefficient (Wildman–Crippen LogP) is 4.40. The van der Waals surface area contributed by atoms with Gasteiger partial charge in [0.05, 0.1) is 10.7 Å². The van der Waals surface area contributed by atoms with Crippen LogP contribution in [0.4, 0.5) is 10.1 Å². The molecule has 18 heavy (non-hydrogen) atoms. The first-order valence-electron chi connectivity index (χ1n) is 5.17. The number of benzene rings is 2. The Kier molecular flexibility index (Phi) is 4.09. The van der Waals surface area contributed by atoms with Crippen molar-refractivity contribution in [3.05, 3.63) is 57.3 Å². The van der Waals surface area contributed by atoms with E-state index in [4.69, 9.17) is 22.1 Å². The van der Waals surface area contributed by atoms with Gasteiger partial charge >= 0.3 is 0 Å². The lowest BCUT2D eigenvalue weighted by Gasteiger charge is -2.08. The molecule has 0 unspecified atom stereocenters. The Bertz CT molecular complexity index is 557. The molecule has 0 heterocycles. The van der Waals surface area contributed by atoms with E-state index < -0.39 is 0 Å². The Morgan fingerprint density at radius 3 is 2.67 bits per heavy atom. The van der Waals surface area contributed by atoms with Crippen LogP contribution in [-0.2, 0) is 6.61 Å². The van der Waals surface area contributed by atoms with E-state index in [9.17, 15) is 4.39 Å². The van der Waals surface area contributed by atoms with Crippen molar-refractivity contribution < 1.29 is 9.13 Å². The molecule has 2 N–H and O–H groups in total. The minimum atomic E-state index is -0.352. The topological polar surface area (TPSA) is 35.2 Å². The summed E-state index contributed by atoms with van der Waals surface area (Å²) in [6.07, 6.45) is 0. The number of nitrogens with two attached hydrogens (primary N) is 1. The van der Waals surface area contributed by atoms with Crippen molar-refractivity contribution in [3.63, 3.8) is 0 Å². The molecule has 0 saturated carbocycles. The summed E-state index contributed by atoms with van der Waals surface area (Å²) in [5, 5.41) is 0.507. The van der Waals surface area contributed by atoms with Gasteiger partial charge in [-0.25, -0.2) is 4.39 Å². The highest BCUT2D eigenvalue weighted by Gasteiger charge is 2.02. The van der Waals surface area contributed by atoms with Gasteiger partial charge in [-0.3, -0.25) is 0 Å². The summed E-state index contributed by atoms with van der Waals surface area (Å²) >= 11 is 9.02. The summed E-state index contributed by atoms with van der Waals surface area (Å²) < 4.78 is 19.2. The van der Waals surface area contributed by atoms with Crippen LogP contribution in [0.1, 0.15) is 5.56 Å². The standard InChI is InChI=1S/C13H10BrClFNO/c14-9-4-10(16)6-11(5-9)18-7-8-1-2-12(15)13(17)3-8/h1-6H,7,17H2. The molecule has 0 bridgehead atoms. The maximum atomic E-state index is 13.1. The maximum Gasteiger partial charge on any atom is 0.128 e. The zero-order valence-electron chi connectivity index (χ0n) is 9.29. The van der Waals surface area contributed by atoms with Gasteiger partial charge in [-0.2, -0.15) is 0 Å². The first-order chi connectivity index (χ1) is 8.54. The molecule has 2 aromatic carbocycles. The molecule has 0 fully saturated rings. The van der Waals surface area contributed by atoms with Crippen LogP contribution in [0.2, 0.25) is 5.02 Å². The molecule has 0 spiro atoms. The van der Waals surface area contributed by atoms with Crippen molar-refractivity contribution in [2.45, 2.75) is 6.61 Å². The number of ether oxygens (including phenoxy) is 1. The van der Waals surface area contributed by atoms with Crippen molar-refractivity contribution in [1.82, 2.24) is 0 Å². The molecule has 0 radical (unpaired) electrons. The smallest absolute Gasteiger partial charge is 0.128 e. The van der Waals surface area contributed by atoms with Crippen LogP contribution in [0.15, 0.2) is 40.9 Å². The fourth-order valence-corrected chi connectivity index (χ4v) is 2.02. The molecule has 0 aliphatic carbocycles. The highest BCUT2D eigenvalue weighted by molar-refractivity contribution is 9.10. The molecule has 2 aromatic rings. The van der Waals surface area contributed by atoms with E-state index in [1.165, 1.54) is 12.1 Å². The minimum absolute atomic E-state index is 0.303. The summed E-state index contributed by atoms with van der Waals surface area (Å²) in [6, 6.07) is 9.64. The number of nitrogen functional groups attached to an aromatic ring is 1. The lowest BCUT2D eigenvalue weighted by molar-refractivity contribution is 0.304. The molecule has 0 aromatic heterocycles. The third-order valence-corrected chi connectivity index (χ3v) is 3.10. The van der Waals surface area contributed by atoms with Crippen molar-refractivity contribution in [2.75, 3.05) is 5.73 Å². The quantitative estimate of drug-likeness (QED) is 0.846. The van der Waals surface area contributed by atoms with Crippen LogP contribution in [-0.4, -0.2) is 0 Å². The molecule has 0 atom stereocenters. The SMILES string of the molecule is Nc1cc(COc2cc(F)cc(Br)c2)ccc1Cl. The Morgan fingerprint density at radius 2 is 2.00 bits per heavy atom. The minimum Gasteiger partial charge on any atom is -0.489 e. The molecule has 0 amide bonds. The second-order valence-corrected chi connectivity index (χ2v) is 5.07. The van der Waals surface area contributed by atoms with Gasteiger partial charge in [0, 0.05) is 10.5 Å². The molecule has 2 nitrogen and oxygen atoms in total. The van der Waals surface area contributed by atoms with Crippen LogP contribution >= 0.6 is 27.5 Å². The monoisotopic (exact) mass is 329 g/mol. The normalized spacial score (nSPS) is 10.4. The summed E-state index contributed by atoms with van der Waals surface area (Å²) in [5.74, 6) is 0.102. The molecule has 5 heteroatoms. The van der Waals surface area contributed by atoms with Crippen LogP contribution < -0.4 is 10.5 Å². The van der Waals surface area contributed by atoms with E-state index in [-0.39, 0.29) is 5.82 Å². The average Bonchev–Trinajstić information content (AvgIpc) is 2.29. The molecular formula is C13H10BrClFNO. The second kappa shape index (κ2) is 5.59. The van der Waals surface area contributed by atoms with Gasteiger partial charge in [-0.15, -0.1) is 0 Å². The van der Waals surface area contributed by atoms with Gasteiger partial charge in [0.25, 0.3) is 0 Å². The number of rotatable bonds is 3. The fourth-order valence-electron chi connectivity index (χ4n) is 1.46.